The summed E-state index contributed by atoms with van der Waals surface area (Å²) in [5.74, 6) is 0. The quantitative estimate of drug-likeness (QED) is 0.447. The standard InChI is InChI=1S/C15H22BrF3OSi/c1-14(2,3)21(4,5)20-13(10-16)11-8-6-7-9-12(11)15(17,18)19/h6-9,13H,10H2,1-5H3. The van der Waals surface area contributed by atoms with Crippen molar-refractivity contribution < 1.29 is 17.6 Å². The molecule has 1 atom stereocenters. The molecule has 1 nitrogen and oxygen atoms in total. The van der Waals surface area contributed by atoms with Crippen LogP contribution in [0.4, 0.5) is 13.2 Å². The molecule has 0 spiro atoms. The van der Waals surface area contributed by atoms with Crippen LogP contribution in [0.2, 0.25) is 18.1 Å². The lowest BCUT2D eigenvalue weighted by Gasteiger charge is -2.39. The van der Waals surface area contributed by atoms with Crippen LogP contribution in [0.25, 0.3) is 0 Å². The van der Waals surface area contributed by atoms with Gasteiger partial charge in [0.25, 0.3) is 0 Å². The van der Waals surface area contributed by atoms with Crippen LogP contribution in [0, 0.1) is 0 Å². The second-order valence-electron chi connectivity index (χ2n) is 6.61. The normalized spacial score (nSPS) is 15.1. The molecule has 0 N–H and O–H groups in total. The van der Waals surface area contributed by atoms with Crippen LogP contribution in [0.5, 0.6) is 0 Å². The van der Waals surface area contributed by atoms with E-state index in [9.17, 15) is 13.2 Å². The second kappa shape index (κ2) is 6.42. The summed E-state index contributed by atoms with van der Waals surface area (Å²) in [6.45, 7) is 10.3. The van der Waals surface area contributed by atoms with E-state index in [4.69, 9.17) is 4.43 Å². The molecule has 0 bridgehead atoms. The van der Waals surface area contributed by atoms with Crippen LogP contribution in [0.3, 0.4) is 0 Å². The first-order valence-electron chi connectivity index (χ1n) is 6.80. The highest BCUT2D eigenvalue weighted by atomic mass is 79.9. The van der Waals surface area contributed by atoms with Crippen molar-refractivity contribution in [2.45, 2.75) is 51.2 Å². The fourth-order valence-corrected chi connectivity index (χ4v) is 3.75. The van der Waals surface area contributed by atoms with Gasteiger partial charge in [-0.25, -0.2) is 0 Å². The Kier molecular flexibility index (Phi) is 5.72. The van der Waals surface area contributed by atoms with Gasteiger partial charge in [-0.2, -0.15) is 13.2 Å². The van der Waals surface area contributed by atoms with Crippen molar-refractivity contribution in [2.75, 3.05) is 5.33 Å². The van der Waals surface area contributed by atoms with E-state index in [1.165, 1.54) is 12.1 Å². The Morgan fingerprint density at radius 2 is 1.67 bits per heavy atom. The molecule has 0 saturated carbocycles. The Bertz CT molecular complexity index is 481. The van der Waals surface area contributed by atoms with E-state index in [0.29, 0.717) is 5.33 Å². The number of halogens is 4. The summed E-state index contributed by atoms with van der Waals surface area (Å²) in [6.07, 6.45) is -4.96. The number of rotatable bonds is 4. The Morgan fingerprint density at radius 1 is 1.14 bits per heavy atom. The molecule has 0 aromatic heterocycles. The fraction of sp³-hybridized carbons (Fsp3) is 0.600. The second-order valence-corrected chi connectivity index (χ2v) is 12.0. The third kappa shape index (κ3) is 4.57. The van der Waals surface area contributed by atoms with Gasteiger partial charge in [0, 0.05) is 5.33 Å². The summed E-state index contributed by atoms with van der Waals surface area (Å²) < 4.78 is 45.6. The smallest absolute Gasteiger partial charge is 0.409 e. The van der Waals surface area contributed by atoms with E-state index in [1.54, 1.807) is 6.07 Å². The monoisotopic (exact) mass is 382 g/mol. The van der Waals surface area contributed by atoms with Crippen LogP contribution in [-0.4, -0.2) is 13.6 Å². The molecule has 0 heterocycles. The predicted octanol–water partition coefficient (Wildman–Crippen LogP) is 6.16. The van der Waals surface area contributed by atoms with Crippen molar-refractivity contribution in [2.24, 2.45) is 0 Å². The summed E-state index contributed by atoms with van der Waals surface area (Å²) in [4.78, 5) is 0. The molecule has 0 radical (unpaired) electrons. The Hall–Kier alpha value is -0.333. The minimum Gasteiger partial charge on any atom is -0.409 e. The molecule has 1 unspecified atom stereocenters. The number of hydrogen-bond donors (Lipinski definition) is 0. The van der Waals surface area contributed by atoms with Crippen molar-refractivity contribution in [1.29, 1.82) is 0 Å². The van der Waals surface area contributed by atoms with Gasteiger partial charge in [-0.1, -0.05) is 54.9 Å². The van der Waals surface area contributed by atoms with Gasteiger partial charge >= 0.3 is 6.18 Å². The summed E-state index contributed by atoms with van der Waals surface area (Å²) in [5.41, 5.74) is -0.417. The zero-order valence-electron chi connectivity index (χ0n) is 13.0. The van der Waals surface area contributed by atoms with Crippen LogP contribution in [-0.2, 0) is 10.6 Å². The fourth-order valence-electron chi connectivity index (χ4n) is 1.75. The Balaban J connectivity index is 3.19. The summed E-state index contributed by atoms with van der Waals surface area (Å²) in [6, 6.07) is 5.64. The molecule has 21 heavy (non-hydrogen) atoms. The molecule has 0 aliphatic heterocycles. The summed E-state index contributed by atoms with van der Waals surface area (Å²) in [5, 5.41) is 0.285. The molecule has 6 heteroatoms. The summed E-state index contributed by atoms with van der Waals surface area (Å²) in [7, 11) is -2.15. The van der Waals surface area contributed by atoms with E-state index in [2.05, 4.69) is 36.7 Å². The minimum atomic E-state index is -4.37. The van der Waals surface area contributed by atoms with Gasteiger partial charge in [-0.05, 0) is 29.8 Å². The molecule has 0 aliphatic carbocycles. The Labute approximate surface area is 134 Å². The van der Waals surface area contributed by atoms with E-state index < -0.39 is 26.2 Å². The number of alkyl halides is 4. The van der Waals surface area contributed by atoms with Crippen molar-refractivity contribution >= 4 is 24.2 Å². The van der Waals surface area contributed by atoms with Crippen LogP contribution in [0.1, 0.15) is 38.0 Å². The number of hydrogen-bond acceptors (Lipinski definition) is 1. The first-order valence-corrected chi connectivity index (χ1v) is 10.8. The van der Waals surface area contributed by atoms with Gasteiger partial charge in [0.1, 0.15) is 0 Å². The lowest BCUT2D eigenvalue weighted by molar-refractivity contribution is -0.139. The third-order valence-corrected chi connectivity index (χ3v) is 9.07. The maximum Gasteiger partial charge on any atom is 0.416 e. The average molecular weight is 383 g/mol. The highest BCUT2D eigenvalue weighted by Crippen LogP contribution is 2.42. The summed E-state index contributed by atoms with van der Waals surface area (Å²) >= 11 is 3.30. The van der Waals surface area contributed by atoms with Gasteiger partial charge in [0.05, 0.1) is 11.7 Å². The Morgan fingerprint density at radius 3 is 2.10 bits per heavy atom. The van der Waals surface area contributed by atoms with Gasteiger partial charge in [0.2, 0.25) is 0 Å². The average Bonchev–Trinajstić information content (AvgIpc) is 2.33. The first-order chi connectivity index (χ1) is 9.40. The van der Waals surface area contributed by atoms with Gasteiger partial charge in [-0.3, -0.25) is 0 Å². The molecule has 0 amide bonds. The lowest BCUT2D eigenvalue weighted by atomic mass is 10.0. The van der Waals surface area contributed by atoms with E-state index in [1.807, 2.05) is 13.1 Å². The molecular formula is C15H22BrF3OSi. The molecular weight excluding hydrogens is 361 g/mol. The zero-order chi connectivity index (χ0) is 16.5. The van der Waals surface area contributed by atoms with Crippen LogP contribution in [0.15, 0.2) is 24.3 Å². The SMILES string of the molecule is CC(C)(C)[Si](C)(C)OC(CBr)c1ccccc1C(F)(F)F. The van der Waals surface area contributed by atoms with E-state index in [-0.39, 0.29) is 10.6 Å². The molecule has 1 rings (SSSR count). The van der Waals surface area contributed by atoms with Crippen molar-refractivity contribution in [1.82, 2.24) is 0 Å². The lowest BCUT2D eigenvalue weighted by Crippen LogP contribution is -2.42. The van der Waals surface area contributed by atoms with Crippen LogP contribution >= 0.6 is 15.9 Å². The van der Waals surface area contributed by atoms with E-state index >= 15 is 0 Å². The molecule has 0 fully saturated rings. The molecule has 1 aromatic carbocycles. The predicted molar refractivity (Wildman–Crippen MR) is 86.3 cm³/mol. The van der Waals surface area contributed by atoms with Gasteiger partial charge in [-0.15, -0.1) is 0 Å². The highest BCUT2D eigenvalue weighted by molar-refractivity contribution is 9.09. The molecule has 120 valence electrons. The van der Waals surface area contributed by atoms with Crippen molar-refractivity contribution in [3.8, 4) is 0 Å². The molecule has 0 saturated heterocycles. The van der Waals surface area contributed by atoms with E-state index in [0.717, 1.165) is 6.07 Å². The van der Waals surface area contributed by atoms with Gasteiger partial charge in [0.15, 0.2) is 8.32 Å². The maximum atomic E-state index is 13.2. The first kappa shape index (κ1) is 18.7. The largest absolute Gasteiger partial charge is 0.416 e. The zero-order valence-corrected chi connectivity index (χ0v) is 15.6. The number of benzene rings is 1. The highest BCUT2D eigenvalue weighted by Gasteiger charge is 2.41. The van der Waals surface area contributed by atoms with Crippen molar-refractivity contribution in [3.05, 3.63) is 35.4 Å². The van der Waals surface area contributed by atoms with Gasteiger partial charge < -0.3 is 4.43 Å². The topological polar surface area (TPSA) is 9.23 Å². The molecule has 1 aromatic rings. The maximum absolute atomic E-state index is 13.2. The molecule has 0 aliphatic rings. The third-order valence-electron chi connectivity index (χ3n) is 4.00. The van der Waals surface area contributed by atoms with Crippen molar-refractivity contribution in [3.63, 3.8) is 0 Å². The van der Waals surface area contributed by atoms with Crippen LogP contribution < -0.4 is 0 Å². The minimum absolute atomic E-state index is 0.0550.